The highest BCUT2D eigenvalue weighted by molar-refractivity contribution is 7.80. The van der Waals surface area contributed by atoms with Crippen molar-refractivity contribution >= 4 is 36.4 Å². The van der Waals surface area contributed by atoms with Crippen LogP contribution in [0.25, 0.3) is 0 Å². The maximum atomic E-state index is 12.1. The van der Waals surface area contributed by atoms with Gasteiger partial charge in [-0.25, -0.2) is 4.79 Å². The first-order valence-electron chi connectivity index (χ1n) is 7.66. The van der Waals surface area contributed by atoms with E-state index in [0.717, 1.165) is 0 Å². The highest BCUT2D eigenvalue weighted by Gasteiger charge is 2.29. The number of carboxylic acids is 2. The van der Waals surface area contributed by atoms with Crippen molar-refractivity contribution in [1.29, 1.82) is 0 Å². The molecule has 0 rings (SSSR count). The number of nitrogens with two attached hydrogens (primary N) is 1. The number of hydrogen-bond acceptors (Lipinski definition) is 7. The fourth-order valence-electron chi connectivity index (χ4n) is 1.87. The topological polar surface area (TPSA) is 179 Å². The molecule has 11 heteroatoms. The van der Waals surface area contributed by atoms with Crippen LogP contribution in [0.3, 0.4) is 0 Å². The Kier molecular flexibility index (Phi) is 10.8. The largest absolute Gasteiger partial charge is 0.480 e. The molecule has 0 fully saturated rings. The third kappa shape index (κ3) is 8.70. The average Bonchev–Trinajstić information content (AvgIpc) is 2.55. The minimum atomic E-state index is -1.30. The highest BCUT2D eigenvalue weighted by Crippen LogP contribution is 2.04. The second kappa shape index (κ2) is 11.7. The minimum absolute atomic E-state index is 0.0338. The van der Waals surface area contributed by atoms with Gasteiger partial charge < -0.3 is 31.7 Å². The van der Waals surface area contributed by atoms with Gasteiger partial charge in [-0.1, -0.05) is 6.92 Å². The van der Waals surface area contributed by atoms with Crippen LogP contribution in [0.4, 0.5) is 0 Å². The molecule has 0 spiro atoms. The monoisotopic (exact) mass is 379 g/mol. The lowest BCUT2D eigenvalue weighted by molar-refractivity contribution is -0.144. The number of aliphatic hydroxyl groups is 1. The van der Waals surface area contributed by atoms with Crippen molar-refractivity contribution in [2.24, 2.45) is 11.7 Å². The zero-order chi connectivity index (χ0) is 19.6. The van der Waals surface area contributed by atoms with Gasteiger partial charge in [0.15, 0.2) is 0 Å². The van der Waals surface area contributed by atoms with Crippen LogP contribution in [0.1, 0.15) is 26.2 Å². The van der Waals surface area contributed by atoms with E-state index in [1.165, 1.54) is 6.92 Å². The van der Waals surface area contributed by atoms with E-state index in [0.29, 0.717) is 0 Å². The van der Waals surface area contributed by atoms with Gasteiger partial charge in [-0.15, -0.1) is 0 Å². The molecule has 0 aromatic carbocycles. The maximum Gasteiger partial charge on any atom is 0.326 e. The fraction of sp³-hybridized carbons (Fsp3) is 0.714. The first-order valence-corrected chi connectivity index (χ1v) is 8.29. The second-order valence-electron chi connectivity index (χ2n) is 5.62. The van der Waals surface area contributed by atoms with Crippen LogP contribution in [0.2, 0.25) is 0 Å². The van der Waals surface area contributed by atoms with Gasteiger partial charge in [0.2, 0.25) is 11.8 Å². The van der Waals surface area contributed by atoms with E-state index in [2.05, 4.69) is 23.3 Å². The molecule has 10 nitrogen and oxygen atoms in total. The molecule has 0 aliphatic carbocycles. The summed E-state index contributed by atoms with van der Waals surface area (Å²) in [6.45, 7) is 1.03. The lowest BCUT2D eigenvalue weighted by Gasteiger charge is -2.23. The Balaban J connectivity index is 4.55. The standard InChI is InChI=1S/C14H25N3O7S/c1-7(5-18)11(14(23)24)17-12(20)9(6-25)16-10(19)4-2-3-8(15)13(21)22/h7-9,11,18,25H,2-6,15H2,1H3,(H,16,19)(H,17,20)(H,21,22)(H,23,24)/t7-,8+,9+,11-/m1/s1. The van der Waals surface area contributed by atoms with Crippen molar-refractivity contribution in [3.8, 4) is 0 Å². The van der Waals surface area contributed by atoms with Crippen LogP contribution in [-0.2, 0) is 19.2 Å². The van der Waals surface area contributed by atoms with E-state index >= 15 is 0 Å². The van der Waals surface area contributed by atoms with Crippen molar-refractivity contribution < 1.29 is 34.5 Å². The van der Waals surface area contributed by atoms with Crippen molar-refractivity contribution in [2.75, 3.05) is 12.4 Å². The van der Waals surface area contributed by atoms with Crippen molar-refractivity contribution in [3.63, 3.8) is 0 Å². The molecule has 0 bridgehead atoms. The average molecular weight is 379 g/mol. The van der Waals surface area contributed by atoms with Crippen LogP contribution in [0.5, 0.6) is 0 Å². The van der Waals surface area contributed by atoms with Crippen LogP contribution in [0.15, 0.2) is 0 Å². The minimum Gasteiger partial charge on any atom is -0.480 e. The Hall–Kier alpha value is -1.85. The maximum absolute atomic E-state index is 12.1. The normalized spacial score (nSPS) is 15.5. The molecule has 0 aromatic heterocycles. The van der Waals surface area contributed by atoms with Gasteiger partial charge in [-0.3, -0.25) is 14.4 Å². The molecule has 144 valence electrons. The van der Waals surface area contributed by atoms with Crippen LogP contribution >= 0.6 is 12.6 Å². The van der Waals surface area contributed by atoms with E-state index in [4.69, 9.17) is 21.1 Å². The quantitative estimate of drug-likeness (QED) is 0.194. The first-order chi connectivity index (χ1) is 11.6. The van der Waals surface area contributed by atoms with E-state index in [1.807, 2.05) is 0 Å². The summed E-state index contributed by atoms with van der Waals surface area (Å²) in [6.07, 6.45) is 0.295. The Morgan fingerprint density at radius 3 is 2.16 bits per heavy atom. The summed E-state index contributed by atoms with van der Waals surface area (Å²) >= 11 is 3.96. The van der Waals surface area contributed by atoms with Crippen molar-refractivity contribution in [1.82, 2.24) is 10.6 Å². The van der Waals surface area contributed by atoms with Gasteiger partial charge in [0.1, 0.15) is 18.1 Å². The number of nitrogens with one attached hydrogen (secondary N) is 2. The predicted molar refractivity (Wildman–Crippen MR) is 91.1 cm³/mol. The molecule has 0 unspecified atom stereocenters. The summed E-state index contributed by atoms with van der Waals surface area (Å²) in [7, 11) is 0. The number of amides is 2. The van der Waals surface area contributed by atoms with E-state index in [-0.39, 0.29) is 25.0 Å². The van der Waals surface area contributed by atoms with Gasteiger partial charge in [-0.05, 0) is 12.8 Å². The van der Waals surface area contributed by atoms with Crippen molar-refractivity contribution in [3.05, 3.63) is 0 Å². The SMILES string of the molecule is C[C@H](CO)[C@@H](NC(=O)[C@H](CS)NC(=O)CCC[C@H](N)C(=O)O)C(=O)O. The Bertz CT molecular complexity index is 489. The predicted octanol–water partition coefficient (Wildman–Crippen LogP) is -1.82. The number of aliphatic hydroxyl groups excluding tert-OH is 1. The summed E-state index contributed by atoms with van der Waals surface area (Å²) in [5.41, 5.74) is 5.32. The van der Waals surface area contributed by atoms with Gasteiger partial charge in [0, 0.05) is 24.7 Å². The molecule has 0 aliphatic heterocycles. The van der Waals surface area contributed by atoms with E-state index in [9.17, 15) is 19.2 Å². The molecule has 0 aromatic rings. The molecule has 2 amide bonds. The van der Waals surface area contributed by atoms with E-state index < -0.39 is 54.4 Å². The van der Waals surface area contributed by atoms with Crippen LogP contribution < -0.4 is 16.4 Å². The molecule has 25 heavy (non-hydrogen) atoms. The number of hydrogen-bond donors (Lipinski definition) is 7. The number of thiol groups is 1. The molecular weight excluding hydrogens is 354 g/mol. The Morgan fingerprint density at radius 2 is 1.72 bits per heavy atom. The third-order valence-electron chi connectivity index (χ3n) is 3.49. The second-order valence-corrected chi connectivity index (χ2v) is 5.99. The number of aliphatic carboxylic acids is 2. The summed E-state index contributed by atoms with van der Waals surface area (Å²) in [4.78, 5) is 45.6. The lowest BCUT2D eigenvalue weighted by Crippen LogP contribution is -2.54. The Morgan fingerprint density at radius 1 is 1.12 bits per heavy atom. The summed E-state index contributed by atoms with van der Waals surface area (Å²) in [5.74, 6) is -4.48. The van der Waals surface area contributed by atoms with Crippen molar-refractivity contribution in [2.45, 2.75) is 44.3 Å². The zero-order valence-electron chi connectivity index (χ0n) is 13.8. The molecule has 0 heterocycles. The zero-order valence-corrected chi connectivity index (χ0v) is 14.7. The van der Waals surface area contributed by atoms with E-state index in [1.54, 1.807) is 0 Å². The van der Waals surface area contributed by atoms with Crippen LogP contribution in [-0.4, -0.2) is 69.6 Å². The van der Waals surface area contributed by atoms with Gasteiger partial charge in [-0.2, -0.15) is 12.6 Å². The molecule has 0 aliphatic rings. The molecule has 0 saturated carbocycles. The number of carbonyl (C=O) groups excluding carboxylic acids is 2. The molecule has 0 radical (unpaired) electrons. The number of carboxylic acid groups (broad SMARTS) is 2. The fourth-order valence-corrected chi connectivity index (χ4v) is 2.13. The van der Waals surface area contributed by atoms with Gasteiger partial charge >= 0.3 is 11.9 Å². The Labute approximate surface area is 150 Å². The number of rotatable bonds is 12. The van der Waals surface area contributed by atoms with Crippen LogP contribution in [0, 0.1) is 5.92 Å². The summed E-state index contributed by atoms with van der Waals surface area (Å²) < 4.78 is 0. The van der Waals surface area contributed by atoms with Gasteiger partial charge in [0.05, 0.1) is 0 Å². The molecule has 0 saturated heterocycles. The number of carbonyl (C=O) groups is 4. The third-order valence-corrected chi connectivity index (χ3v) is 3.86. The summed E-state index contributed by atoms with van der Waals surface area (Å²) in [5, 5.41) is 31.4. The highest BCUT2D eigenvalue weighted by atomic mass is 32.1. The lowest BCUT2D eigenvalue weighted by atomic mass is 10.0. The molecular formula is C14H25N3O7S. The first kappa shape index (κ1) is 23.1. The molecule has 4 atom stereocenters. The smallest absolute Gasteiger partial charge is 0.326 e. The molecule has 7 N–H and O–H groups in total. The summed E-state index contributed by atoms with van der Waals surface area (Å²) in [6, 6.07) is -3.42. The van der Waals surface area contributed by atoms with Gasteiger partial charge in [0.25, 0.3) is 0 Å².